The van der Waals surface area contributed by atoms with Crippen molar-refractivity contribution in [3.8, 4) is 11.5 Å². The topological polar surface area (TPSA) is 92.0 Å². The van der Waals surface area contributed by atoms with Gasteiger partial charge in [0.2, 0.25) is 0 Å². The lowest BCUT2D eigenvalue weighted by atomic mass is 10.2. The number of esters is 1. The predicted molar refractivity (Wildman–Crippen MR) is 134 cm³/mol. The molecule has 0 spiro atoms. The highest BCUT2D eigenvalue weighted by atomic mass is 127. The highest BCUT2D eigenvalue weighted by molar-refractivity contribution is 14.1. The summed E-state index contributed by atoms with van der Waals surface area (Å²) in [4.78, 5) is 29.1. The first-order valence-corrected chi connectivity index (χ1v) is 11.7. The number of aryl methyl sites for hydroxylation is 1. The van der Waals surface area contributed by atoms with Crippen molar-refractivity contribution in [1.29, 1.82) is 0 Å². The zero-order valence-electron chi connectivity index (χ0n) is 17.7. The van der Waals surface area contributed by atoms with Crippen molar-refractivity contribution in [2.75, 3.05) is 20.3 Å². The molecule has 1 heterocycles. The lowest BCUT2D eigenvalue weighted by Crippen LogP contribution is -2.22. The van der Waals surface area contributed by atoms with Crippen LogP contribution >= 0.6 is 38.5 Å². The monoisotopic (exact) mass is 613 g/mol. The minimum atomic E-state index is -0.490. The standard InChI is InChI=1S/C22H21BrIN3O5/c1-4-19-26-17-7-6-14(23)10-15(17)22(29)27(19)25-11-13-8-16(24)21(18(9-13)31-5-2)32-12-20(28)30-3/h6-11H,4-5,12H2,1-3H3. The smallest absolute Gasteiger partial charge is 0.343 e. The van der Waals surface area contributed by atoms with Gasteiger partial charge in [-0.15, -0.1) is 0 Å². The van der Waals surface area contributed by atoms with Gasteiger partial charge in [0, 0.05) is 10.9 Å². The molecular weight excluding hydrogens is 593 g/mol. The number of hydrogen-bond donors (Lipinski definition) is 0. The Kier molecular flexibility index (Phi) is 8.24. The molecule has 3 rings (SSSR count). The predicted octanol–water partition coefficient (Wildman–Crippen LogP) is 4.16. The molecule has 0 radical (unpaired) electrons. The van der Waals surface area contributed by atoms with E-state index in [0.717, 1.165) is 8.04 Å². The van der Waals surface area contributed by atoms with Crippen LogP contribution in [-0.2, 0) is 16.0 Å². The Labute approximate surface area is 206 Å². The van der Waals surface area contributed by atoms with Crippen molar-refractivity contribution >= 4 is 61.6 Å². The van der Waals surface area contributed by atoms with Crippen LogP contribution < -0.4 is 15.0 Å². The average Bonchev–Trinajstić information content (AvgIpc) is 2.78. The van der Waals surface area contributed by atoms with Gasteiger partial charge in [-0.1, -0.05) is 22.9 Å². The van der Waals surface area contributed by atoms with E-state index in [9.17, 15) is 9.59 Å². The summed E-state index contributed by atoms with van der Waals surface area (Å²) in [6.07, 6.45) is 2.11. The van der Waals surface area contributed by atoms with E-state index in [1.165, 1.54) is 11.8 Å². The van der Waals surface area contributed by atoms with E-state index in [-0.39, 0.29) is 12.2 Å². The zero-order valence-corrected chi connectivity index (χ0v) is 21.5. The van der Waals surface area contributed by atoms with E-state index < -0.39 is 5.97 Å². The molecule has 168 valence electrons. The normalized spacial score (nSPS) is 11.2. The maximum atomic E-state index is 13.0. The Bertz CT molecular complexity index is 1240. The molecule has 0 aliphatic rings. The van der Waals surface area contributed by atoms with Crippen LogP contribution in [0, 0.1) is 3.57 Å². The average molecular weight is 614 g/mol. The number of nitrogens with zero attached hydrogens (tertiary/aromatic N) is 3. The molecule has 1 aromatic heterocycles. The van der Waals surface area contributed by atoms with Crippen molar-refractivity contribution in [2.45, 2.75) is 20.3 Å². The van der Waals surface area contributed by atoms with Gasteiger partial charge in [-0.2, -0.15) is 9.78 Å². The molecule has 0 fully saturated rings. The summed E-state index contributed by atoms with van der Waals surface area (Å²) >= 11 is 5.49. The second kappa shape index (κ2) is 10.9. The van der Waals surface area contributed by atoms with Gasteiger partial charge in [-0.25, -0.2) is 9.78 Å². The Morgan fingerprint density at radius 1 is 1.25 bits per heavy atom. The highest BCUT2D eigenvalue weighted by Crippen LogP contribution is 2.34. The van der Waals surface area contributed by atoms with Crippen LogP contribution in [-0.4, -0.2) is 42.2 Å². The number of carbonyl (C=O) groups excluding carboxylic acids is 1. The number of hydrogen-bond acceptors (Lipinski definition) is 7. The third-order valence-corrected chi connectivity index (χ3v) is 5.70. The van der Waals surface area contributed by atoms with Gasteiger partial charge >= 0.3 is 5.97 Å². The summed E-state index contributed by atoms with van der Waals surface area (Å²) in [5.74, 6) is 0.974. The lowest BCUT2D eigenvalue weighted by Gasteiger charge is -2.14. The third-order valence-electron chi connectivity index (χ3n) is 4.41. The van der Waals surface area contributed by atoms with Crippen molar-refractivity contribution in [1.82, 2.24) is 9.66 Å². The first kappa shape index (κ1) is 24.2. The number of benzene rings is 2. The van der Waals surface area contributed by atoms with Crippen molar-refractivity contribution in [2.24, 2.45) is 5.10 Å². The summed E-state index contributed by atoms with van der Waals surface area (Å²) < 4.78 is 18.7. The van der Waals surface area contributed by atoms with Crippen LogP contribution in [0.2, 0.25) is 0 Å². The maximum absolute atomic E-state index is 13.0. The minimum Gasteiger partial charge on any atom is -0.490 e. The SMILES string of the molecule is CCOc1cc(C=Nn2c(CC)nc3ccc(Br)cc3c2=O)cc(I)c1OCC(=O)OC. The van der Waals surface area contributed by atoms with Crippen LogP contribution in [0.15, 0.2) is 44.7 Å². The molecule has 8 nitrogen and oxygen atoms in total. The quantitative estimate of drug-likeness (QED) is 0.215. The number of methoxy groups -OCH3 is 1. The number of ether oxygens (including phenoxy) is 3. The molecule has 0 aliphatic heterocycles. The first-order valence-electron chi connectivity index (χ1n) is 9.79. The Morgan fingerprint density at radius 2 is 2.03 bits per heavy atom. The van der Waals surface area contributed by atoms with E-state index >= 15 is 0 Å². The van der Waals surface area contributed by atoms with E-state index in [4.69, 9.17) is 9.47 Å². The fraction of sp³-hybridized carbons (Fsp3) is 0.273. The largest absolute Gasteiger partial charge is 0.490 e. The van der Waals surface area contributed by atoms with Gasteiger partial charge in [0.25, 0.3) is 5.56 Å². The van der Waals surface area contributed by atoms with Gasteiger partial charge < -0.3 is 14.2 Å². The van der Waals surface area contributed by atoms with E-state index in [2.05, 4.69) is 53.3 Å². The zero-order chi connectivity index (χ0) is 23.3. The number of halogens is 2. The third kappa shape index (κ3) is 5.47. The second-order valence-electron chi connectivity index (χ2n) is 6.53. The molecule has 32 heavy (non-hydrogen) atoms. The van der Waals surface area contributed by atoms with Crippen LogP contribution in [0.5, 0.6) is 11.5 Å². The summed E-state index contributed by atoms with van der Waals surface area (Å²) in [7, 11) is 1.30. The second-order valence-corrected chi connectivity index (χ2v) is 8.61. The fourth-order valence-electron chi connectivity index (χ4n) is 2.92. The molecule has 0 unspecified atom stereocenters. The molecule has 10 heteroatoms. The molecule has 0 saturated heterocycles. The summed E-state index contributed by atoms with van der Waals surface area (Å²) in [5, 5.41) is 4.89. The maximum Gasteiger partial charge on any atom is 0.343 e. The molecule has 0 amide bonds. The molecule has 0 aliphatic carbocycles. The molecule has 0 atom stereocenters. The molecule has 3 aromatic rings. The van der Waals surface area contributed by atoms with Crippen molar-refractivity contribution in [3.63, 3.8) is 0 Å². The Hall–Kier alpha value is -2.47. The number of aromatic nitrogens is 2. The molecule has 0 bridgehead atoms. The van der Waals surface area contributed by atoms with Gasteiger partial charge in [0.1, 0.15) is 5.82 Å². The van der Waals surface area contributed by atoms with E-state index in [1.54, 1.807) is 24.4 Å². The molecule has 0 saturated carbocycles. The first-order chi connectivity index (χ1) is 15.4. The van der Waals surface area contributed by atoms with Crippen molar-refractivity contribution in [3.05, 3.63) is 60.1 Å². The Balaban J connectivity index is 2.02. The van der Waals surface area contributed by atoms with E-state index in [1.807, 2.05) is 26.0 Å². The van der Waals surface area contributed by atoms with Gasteiger partial charge in [-0.3, -0.25) is 4.79 Å². The molecular formula is C22H21BrIN3O5. The van der Waals surface area contributed by atoms with Gasteiger partial charge in [0.15, 0.2) is 18.1 Å². The summed E-state index contributed by atoms with van der Waals surface area (Å²) in [5.41, 5.74) is 1.08. The fourth-order valence-corrected chi connectivity index (χ4v) is 4.06. The number of carbonyl (C=O) groups is 1. The summed E-state index contributed by atoms with van der Waals surface area (Å²) in [6, 6.07) is 8.95. The van der Waals surface area contributed by atoms with E-state index in [0.29, 0.717) is 46.8 Å². The highest BCUT2D eigenvalue weighted by Gasteiger charge is 2.14. The number of fused-ring (bicyclic) bond motifs is 1. The molecule has 0 N–H and O–H groups in total. The van der Waals surface area contributed by atoms with Crippen molar-refractivity contribution < 1.29 is 19.0 Å². The lowest BCUT2D eigenvalue weighted by molar-refractivity contribution is -0.142. The Morgan fingerprint density at radius 3 is 2.72 bits per heavy atom. The number of rotatable bonds is 8. The van der Waals surface area contributed by atoms with Gasteiger partial charge in [0.05, 0.1) is 34.4 Å². The minimum absolute atomic E-state index is 0.229. The van der Waals surface area contributed by atoms with Crippen LogP contribution in [0.3, 0.4) is 0 Å². The van der Waals surface area contributed by atoms with Gasteiger partial charge in [-0.05, 0) is 65.4 Å². The van der Waals surface area contributed by atoms with Crippen LogP contribution in [0.4, 0.5) is 0 Å². The molecule has 2 aromatic carbocycles. The van der Waals surface area contributed by atoms with Crippen LogP contribution in [0.25, 0.3) is 10.9 Å². The van der Waals surface area contributed by atoms with Crippen LogP contribution in [0.1, 0.15) is 25.2 Å². The summed E-state index contributed by atoms with van der Waals surface area (Å²) in [6.45, 7) is 3.95.